The number of phenols is 1. The zero-order valence-corrected chi connectivity index (χ0v) is 8.09. The van der Waals surface area contributed by atoms with Gasteiger partial charge in [-0.25, -0.2) is 0 Å². The second-order valence-electron chi connectivity index (χ2n) is 3.14. The Balaban J connectivity index is 2.81. The van der Waals surface area contributed by atoms with Crippen molar-refractivity contribution in [2.75, 3.05) is 6.54 Å². The molecule has 6 N–H and O–H groups in total. The lowest BCUT2D eigenvalue weighted by atomic mass is 9.92. The fraction of sp³-hybridized carbons (Fsp3) is 0.222. The van der Waals surface area contributed by atoms with E-state index in [1.165, 1.54) is 12.1 Å². The molecule has 0 saturated carbocycles. The number of hydrogen-bond donors (Lipinski definition) is 4. The Hall–Kier alpha value is -1.69. The van der Waals surface area contributed by atoms with E-state index in [2.05, 4.69) is 4.99 Å². The van der Waals surface area contributed by atoms with Crippen LogP contribution in [0.5, 0.6) is 5.75 Å². The molecule has 0 amide bonds. The number of benzene rings is 1. The third-order valence-electron chi connectivity index (χ3n) is 1.79. The van der Waals surface area contributed by atoms with Gasteiger partial charge in [-0.1, -0.05) is 11.5 Å². The Bertz CT molecular complexity index is 357. The van der Waals surface area contributed by atoms with Gasteiger partial charge in [0.15, 0.2) is 5.96 Å². The highest BCUT2D eigenvalue weighted by molar-refractivity contribution is 6.32. The van der Waals surface area contributed by atoms with Gasteiger partial charge in [0.1, 0.15) is 13.6 Å². The van der Waals surface area contributed by atoms with Crippen LogP contribution in [-0.2, 0) is 0 Å². The van der Waals surface area contributed by atoms with Gasteiger partial charge in [0.2, 0.25) is 0 Å². The van der Waals surface area contributed by atoms with Crippen LogP contribution in [-0.4, -0.2) is 30.6 Å². The molecule has 1 atom stereocenters. The van der Waals surface area contributed by atoms with Crippen LogP contribution in [0.25, 0.3) is 0 Å². The Kier molecular flexibility index (Phi) is 3.57. The zero-order valence-electron chi connectivity index (χ0n) is 8.09. The molecule has 0 aliphatic rings. The fourth-order valence-corrected chi connectivity index (χ4v) is 1.15. The summed E-state index contributed by atoms with van der Waals surface area (Å²) in [5.74, 6) is -0.101. The van der Waals surface area contributed by atoms with Crippen molar-refractivity contribution in [3.05, 3.63) is 23.8 Å². The summed E-state index contributed by atoms with van der Waals surface area (Å²) in [6.45, 7) is 0.0330. The molecule has 0 fully saturated rings. The number of aliphatic hydroxyl groups excluding tert-OH is 1. The van der Waals surface area contributed by atoms with Gasteiger partial charge in [0.25, 0.3) is 0 Å². The summed E-state index contributed by atoms with van der Waals surface area (Å²) in [5.41, 5.74) is 11.1. The van der Waals surface area contributed by atoms with Gasteiger partial charge >= 0.3 is 0 Å². The standard InChI is InChI=1S/C9H12BN3O2/c10-6-1-5(2-7(14)3-6)8(15)4-13-9(11)12/h1-3,8,14-15H,4H2,(H4,11,12,13)/t8-/m0/s1. The monoisotopic (exact) mass is 205 g/mol. The van der Waals surface area contributed by atoms with E-state index in [0.29, 0.717) is 11.0 Å². The molecule has 1 rings (SSSR count). The van der Waals surface area contributed by atoms with Crippen LogP contribution in [0.1, 0.15) is 11.7 Å². The van der Waals surface area contributed by atoms with Crippen LogP contribution in [0.4, 0.5) is 0 Å². The molecule has 0 spiro atoms. The molecule has 5 nitrogen and oxygen atoms in total. The number of nitrogens with zero attached hydrogens (tertiary/aromatic N) is 1. The molecule has 2 radical (unpaired) electrons. The predicted molar refractivity (Wildman–Crippen MR) is 59.1 cm³/mol. The maximum atomic E-state index is 9.63. The number of rotatable bonds is 3. The van der Waals surface area contributed by atoms with Crippen molar-refractivity contribution in [2.24, 2.45) is 16.5 Å². The maximum Gasteiger partial charge on any atom is 0.186 e. The molecule has 1 aromatic carbocycles. The summed E-state index contributed by atoms with van der Waals surface area (Å²) >= 11 is 0. The van der Waals surface area contributed by atoms with Crippen molar-refractivity contribution in [3.8, 4) is 5.75 Å². The molecule has 0 bridgehead atoms. The summed E-state index contributed by atoms with van der Waals surface area (Å²) in [6.07, 6.45) is -0.887. The quantitative estimate of drug-likeness (QED) is 0.273. The second-order valence-corrected chi connectivity index (χ2v) is 3.14. The molecule has 0 heterocycles. The Morgan fingerprint density at radius 1 is 1.40 bits per heavy atom. The van der Waals surface area contributed by atoms with E-state index in [1.807, 2.05) is 0 Å². The molecule has 1 aromatic rings. The first-order valence-corrected chi connectivity index (χ1v) is 4.32. The van der Waals surface area contributed by atoms with E-state index in [0.717, 1.165) is 0 Å². The van der Waals surface area contributed by atoms with E-state index >= 15 is 0 Å². The van der Waals surface area contributed by atoms with Gasteiger partial charge in [-0.05, 0) is 17.7 Å². The van der Waals surface area contributed by atoms with Crippen LogP contribution in [0.2, 0.25) is 0 Å². The summed E-state index contributed by atoms with van der Waals surface area (Å²) in [7, 11) is 5.50. The Labute approximate surface area is 88.8 Å². The smallest absolute Gasteiger partial charge is 0.186 e. The van der Waals surface area contributed by atoms with Gasteiger partial charge in [0, 0.05) is 0 Å². The zero-order chi connectivity index (χ0) is 11.4. The molecule has 6 heteroatoms. The van der Waals surface area contributed by atoms with E-state index in [9.17, 15) is 10.2 Å². The molecule has 0 aromatic heterocycles. The number of nitrogens with two attached hydrogens (primary N) is 2. The van der Waals surface area contributed by atoms with Crippen molar-refractivity contribution in [1.82, 2.24) is 0 Å². The minimum Gasteiger partial charge on any atom is -0.508 e. The first-order chi connectivity index (χ1) is 6.99. The third kappa shape index (κ3) is 3.51. The predicted octanol–water partition coefficient (Wildman–Crippen LogP) is -1.51. The average molecular weight is 205 g/mol. The van der Waals surface area contributed by atoms with Crippen LogP contribution in [0.3, 0.4) is 0 Å². The highest BCUT2D eigenvalue weighted by atomic mass is 16.3. The first-order valence-electron chi connectivity index (χ1n) is 4.32. The van der Waals surface area contributed by atoms with Crippen molar-refractivity contribution in [1.29, 1.82) is 0 Å². The van der Waals surface area contributed by atoms with Crippen LogP contribution < -0.4 is 16.9 Å². The second kappa shape index (κ2) is 4.70. The number of guanidine groups is 1. The van der Waals surface area contributed by atoms with Gasteiger partial charge in [-0.2, -0.15) is 0 Å². The molecule has 0 aliphatic heterocycles. The number of hydrogen-bond acceptors (Lipinski definition) is 3. The fourth-order valence-electron chi connectivity index (χ4n) is 1.15. The minimum absolute atomic E-state index is 0.00579. The number of aromatic hydroxyl groups is 1. The van der Waals surface area contributed by atoms with Crippen LogP contribution in [0.15, 0.2) is 23.2 Å². The van der Waals surface area contributed by atoms with Crippen LogP contribution in [0, 0.1) is 0 Å². The lowest BCUT2D eigenvalue weighted by Crippen LogP contribution is -2.24. The normalized spacial score (nSPS) is 12.1. The molecule has 0 unspecified atom stereocenters. The van der Waals surface area contributed by atoms with Crippen molar-refractivity contribution < 1.29 is 10.2 Å². The topological polar surface area (TPSA) is 105 Å². The van der Waals surface area contributed by atoms with Gasteiger partial charge in [-0.3, -0.25) is 4.99 Å². The SMILES string of the molecule is [B]c1cc(O)cc([C@@H](O)CN=C(N)N)c1. The molecule has 0 aliphatic carbocycles. The van der Waals surface area contributed by atoms with E-state index in [4.69, 9.17) is 19.3 Å². The average Bonchev–Trinajstić information content (AvgIpc) is 2.12. The molecular weight excluding hydrogens is 193 g/mol. The number of phenolic OH excluding ortho intramolecular Hbond substituents is 1. The van der Waals surface area contributed by atoms with Crippen molar-refractivity contribution in [2.45, 2.75) is 6.10 Å². The van der Waals surface area contributed by atoms with Crippen molar-refractivity contribution in [3.63, 3.8) is 0 Å². The number of aliphatic imine (C=N–C) groups is 1. The lowest BCUT2D eigenvalue weighted by Gasteiger charge is -2.10. The van der Waals surface area contributed by atoms with Crippen LogP contribution >= 0.6 is 0 Å². The maximum absolute atomic E-state index is 9.63. The highest BCUT2D eigenvalue weighted by Crippen LogP contribution is 2.16. The van der Waals surface area contributed by atoms with Gasteiger partial charge in [0.05, 0.1) is 12.6 Å². The summed E-state index contributed by atoms with van der Waals surface area (Å²) in [6, 6.07) is 4.34. The Morgan fingerprint density at radius 2 is 2.07 bits per heavy atom. The van der Waals surface area contributed by atoms with E-state index in [-0.39, 0.29) is 18.3 Å². The van der Waals surface area contributed by atoms with Gasteiger partial charge < -0.3 is 21.7 Å². The summed E-state index contributed by atoms with van der Waals surface area (Å²) < 4.78 is 0. The van der Waals surface area contributed by atoms with Crippen molar-refractivity contribution >= 4 is 19.3 Å². The van der Waals surface area contributed by atoms with E-state index in [1.54, 1.807) is 6.07 Å². The molecule has 78 valence electrons. The molecule has 15 heavy (non-hydrogen) atoms. The minimum atomic E-state index is -0.887. The van der Waals surface area contributed by atoms with E-state index < -0.39 is 6.10 Å². The molecular formula is C9H12BN3O2. The summed E-state index contributed by atoms with van der Waals surface area (Å²) in [4.78, 5) is 3.66. The Morgan fingerprint density at radius 3 is 2.60 bits per heavy atom. The number of aliphatic hydroxyl groups is 1. The first kappa shape index (κ1) is 11.4. The lowest BCUT2D eigenvalue weighted by molar-refractivity contribution is 0.187. The van der Waals surface area contributed by atoms with Gasteiger partial charge in [-0.15, -0.1) is 0 Å². The molecule has 0 saturated heterocycles. The largest absolute Gasteiger partial charge is 0.508 e. The highest BCUT2D eigenvalue weighted by Gasteiger charge is 2.08. The summed E-state index contributed by atoms with van der Waals surface area (Å²) in [5, 5.41) is 18.9. The third-order valence-corrected chi connectivity index (χ3v) is 1.79.